The molecule has 1 amide bonds. The first kappa shape index (κ1) is 16.4. The molecule has 0 saturated carbocycles. The average Bonchev–Trinajstić information content (AvgIpc) is 2.89. The molecule has 124 valence electrons. The summed E-state index contributed by atoms with van der Waals surface area (Å²) in [5.41, 5.74) is 3.76. The highest BCUT2D eigenvalue weighted by molar-refractivity contribution is 8.00. The third-order valence-electron chi connectivity index (χ3n) is 3.54. The van der Waals surface area contributed by atoms with E-state index in [-0.39, 0.29) is 11.2 Å². The molecule has 0 spiro atoms. The van der Waals surface area contributed by atoms with Gasteiger partial charge < -0.3 is 5.32 Å². The average molecular weight is 341 g/mol. The number of nitrogens with one attached hydrogen (secondary N) is 1. The Morgan fingerprint density at radius 3 is 2.75 bits per heavy atom. The van der Waals surface area contributed by atoms with Crippen LogP contribution in [0.2, 0.25) is 0 Å². The van der Waals surface area contributed by atoms with Crippen molar-refractivity contribution in [3.05, 3.63) is 47.3 Å². The van der Waals surface area contributed by atoms with E-state index in [1.54, 1.807) is 4.52 Å². The lowest BCUT2D eigenvalue weighted by atomic mass is 10.2. The van der Waals surface area contributed by atoms with Gasteiger partial charge in [0, 0.05) is 17.1 Å². The van der Waals surface area contributed by atoms with Crippen LogP contribution in [0.4, 0.5) is 5.69 Å². The lowest BCUT2D eigenvalue weighted by Gasteiger charge is -2.10. The van der Waals surface area contributed by atoms with E-state index >= 15 is 0 Å². The Morgan fingerprint density at radius 2 is 2.00 bits per heavy atom. The number of anilines is 1. The second kappa shape index (κ2) is 6.60. The largest absolute Gasteiger partial charge is 0.325 e. The fourth-order valence-corrected chi connectivity index (χ4v) is 3.12. The first-order valence-corrected chi connectivity index (χ1v) is 8.55. The van der Waals surface area contributed by atoms with Crippen LogP contribution in [-0.4, -0.2) is 30.7 Å². The summed E-state index contributed by atoms with van der Waals surface area (Å²) in [4.78, 5) is 21.1. The number of thioether (sulfide) groups is 1. The topological polar surface area (TPSA) is 72.2 Å². The van der Waals surface area contributed by atoms with Gasteiger partial charge in [0.2, 0.25) is 11.1 Å². The van der Waals surface area contributed by atoms with Gasteiger partial charge in [-0.1, -0.05) is 23.9 Å². The van der Waals surface area contributed by atoms with Crippen molar-refractivity contribution in [1.29, 1.82) is 0 Å². The molecule has 0 aliphatic rings. The van der Waals surface area contributed by atoms with E-state index in [9.17, 15) is 4.79 Å². The molecule has 6 nitrogen and oxygen atoms in total. The van der Waals surface area contributed by atoms with Gasteiger partial charge >= 0.3 is 0 Å². The van der Waals surface area contributed by atoms with E-state index in [1.165, 1.54) is 11.8 Å². The number of nitrogens with zero attached hydrogens (tertiary/aromatic N) is 4. The molecular weight excluding hydrogens is 322 g/mol. The van der Waals surface area contributed by atoms with Gasteiger partial charge in [0.25, 0.3) is 5.78 Å². The highest BCUT2D eigenvalue weighted by Gasteiger charge is 2.18. The van der Waals surface area contributed by atoms with E-state index in [0.29, 0.717) is 10.9 Å². The molecule has 24 heavy (non-hydrogen) atoms. The number of carbonyl (C=O) groups excluding carboxylic acids is 1. The molecule has 0 radical (unpaired) electrons. The van der Waals surface area contributed by atoms with Crippen molar-refractivity contribution in [2.75, 3.05) is 5.32 Å². The number of rotatable bonds is 4. The summed E-state index contributed by atoms with van der Waals surface area (Å²) in [6, 6.07) is 9.68. The van der Waals surface area contributed by atoms with E-state index < -0.39 is 0 Å². The van der Waals surface area contributed by atoms with Crippen LogP contribution >= 0.6 is 11.8 Å². The molecule has 7 heteroatoms. The van der Waals surface area contributed by atoms with Crippen LogP contribution in [0, 0.1) is 20.8 Å². The highest BCUT2D eigenvalue weighted by Crippen LogP contribution is 2.22. The summed E-state index contributed by atoms with van der Waals surface area (Å²) in [6.45, 7) is 7.71. The third-order valence-corrected chi connectivity index (χ3v) is 4.49. The smallest absolute Gasteiger partial charge is 0.253 e. The number of aryl methyl sites for hydroxylation is 3. The Morgan fingerprint density at radius 1 is 1.21 bits per heavy atom. The van der Waals surface area contributed by atoms with Gasteiger partial charge in [-0.2, -0.15) is 4.98 Å². The Balaban J connectivity index is 1.73. The van der Waals surface area contributed by atoms with Gasteiger partial charge in [0.1, 0.15) is 0 Å². The van der Waals surface area contributed by atoms with Gasteiger partial charge in [0.05, 0.1) is 5.25 Å². The van der Waals surface area contributed by atoms with Crippen molar-refractivity contribution in [1.82, 2.24) is 19.6 Å². The van der Waals surface area contributed by atoms with E-state index in [2.05, 4.69) is 20.4 Å². The fraction of sp³-hybridized carbons (Fsp3) is 0.294. The lowest BCUT2D eigenvalue weighted by molar-refractivity contribution is -0.115. The van der Waals surface area contributed by atoms with Crippen molar-refractivity contribution in [3.8, 4) is 0 Å². The molecule has 2 heterocycles. The zero-order chi connectivity index (χ0) is 17.3. The third kappa shape index (κ3) is 3.56. The van der Waals surface area contributed by atoms with Crippen LogP contribution < -0.4 is 5.32 Å². The molecule has 3 rings (SSSR count). The summed E-state index contributed by atoms with van der Waals surface area (Å²) in [7, 11) is 0. The van der Waals surface area contributed by atoms with E-state index in [0.717, 1.165) is 22.6 Å². The normalized spacial score (nSPS) is 12.3. The Bertz CT molecular complexity index is 905. The molecule has 1 N–H and O–H groups in total. The monoisotopic (exact) mass is 341 g/mol. The number of aromatic nitrogens is 4. The number of hydrogen-bond acceptors (Lipinski definition) is 5. The molecular formula is C17H19N5OS. The van der Waals surface area contributed by atoms with Crippen LogP contribution in [0.25, 0.3) is 5.78 Å². The molecule has 0 aliphatic heterocycles. The zero-order valence-electron chi connectivity index (χ0n) is 14.1. The maximum Gasteiger partial charge on any atom is 0.253 e. The van der Waals surface area contributed by atoms with Crippen molar-refractivity contribution in [2.45, 2.75) is 38.1 Å². The van der Waals surface area contributed by atoms with Crippen LogP contribution in [-0.2, 0) is 4.79 Å². The summed E-state index contributed by atoms with van der Waals surface area (Å²) in [5.74, 6) is 0.478. The number of fused-ring (bicyclic) bond motifs is 1. The van der Waals surface area contributed by atoms with Crippen LogP contribution in [0.15, 0.2) is 35.5 Å². The fourth-order valence-electron chi connectivity index (χ4n) is 2.38. The minimum atomic E-state index is -0.315. The van der Waals surface area contributed by atoms with E-state index in [1.807, 2.05) is 58.0 Å². The Kier molecular flexibility index (Phi) is 4.53. The molecule has 2 aromatic heterocycles. The zero-order valence-corrected chi connectivity index (χ0v) is 14.9. The van der Waals surface area contributed by atoms with Crippen molar-refractivity contribution < 1.29 is 4.79 Å². The van der Waals surface area contributed by atoms with Crippen LogP contribution in [0.3, 0.4) is 0 Å². The second-order valence-electron chi connectivity index (χ2n) is 5.76. The lowest BCUT2D eigenvalue weighted by Crippen LogP contribution is -2.22. The van der Waals surface area contributed by atoms with Crippen molar-refractivity contribution >= 4 is 29.1 Å². The summed E-state index contributed by atoms with van der Waals surface area (Å²) in [6.07, 6.45) is 0. The molecule has 0 fully saturated rings. The van der Waals surface area contributed by atoms with Gasteiger partial charge in [-0.25, -0.2) is 9.50 Å². The predicted molar refractivity (Wildman–Crippen MR) is 95.4 cm³/mol. The molecule has 0 bridgehead atoms. The van der Waals surface area contributed by atoms with Gasteiger partial charge in [-0.15, -0.1) is 5.10 Å². The van der Waals surface area contributed by atoms with Gasteiger partial charge in [0.15, 0.2) is 0 Å². The molecule has 1 atom stereocenters. The quantitative estimate of drug-likeness (QED) is 0.738. The number of carbonyl (C=O) groups is 1. The summed E-state index contributed by atoms with van der Waals surface area (Å²) < 4.78 is 1.69. The Labute approximate surface area is 144 Å². The van der Waals surface area contributed by atoms with Crippen molar-refractivity contribution in [2.24, 2.45) is 0 Å². The molecule has 0 saturated heterocycles. The SMILES string of the molecule is Cc1cccc(NC(=O)[C@H](C)Sc2nc3nc(C)cc(C)n3n2)c1. The standard InChI is InChI=1S/C17H19N5OS/c1-10-6-5-7-14(8-10)19-15(23)13(4)24-17-20-16-18-11(2)9-12(3)22(16)21-17/h5-9,13H,1-4H3,(H,19,23)/t13-/m0/s1. The number of benzene rings is 1. The predicted octanol–water partition coefficient (Wildman–Crippen LogP) is 3.17. The Hall–Kier alpha value is -2.41. The minimum Gasteiger partial charge on any atom is -0.325 e. The van der Waals surface area contributed by atoms with Crippen molar-refractivity contribution in [3.63, 3.8) is 0 Å². The molecule has 0 aliphatic carbocycles. The first-order valence-electron chi connectivity index (χ1n) is 7.67. The minimum absolute atomic E-state index is 0.0784. The van der Waals surface area contributed by atoms with Gasteiger partial charge in [-0.3, -0.25) is 4.79 Å². The maximum absolute atomic E-state index is 12.4. The van der Waals surface area contributed by atoms with Crippen LogP contribution in [0.5, 0.6) is 0 Å². The second-order valence-corrected chi connectivity index (χ2v) is 7.07. The highest BCUT2D eigenvalue weighted by atomic mass is 32.2. The first-order chi connectivity index (χ1) is 11.4. The van der Waals surface area contributed by atoms with Crippen LogP contribution in [0.1, 0.15) is 23.9 Å². The number of amides is 1. The summed E-state index contributed by atoms with van der Waals surface area (Å²) >= 11 is 1.32. The molecule has 3 aromatic rings. The van der Waals surface area contributed by atoms with Gasteiger partial charge in [-0.05, 0) is 51.5 Å². The summed E-state index contributed by atoms with van der Waals surface area (Å²) in [5, 5.41) is 7.57. The molecule has 1 aromatic carbocycles. The van der Waals surface area contributed by atoms with E-state index in [4.69, 9.17) is 0 Å². The molecule has 0 unspecified atom stereocenters. The maximum atomic E-state index is 12.4. The number of hydrogen-bond donors (Lipinski definition) is 1.